The normalized spacial score (nSPS) is 20.7. The molecule has 4 nitrogen and oxygen atoms in total. The number of sulfonamides is 1. The fourth-order valence-corrected chi connectivity index (χ4v) is 5.05. The van der Waals surface area contributed by atoms with Gasteiger partial charge >= 0.3 is 0 Å². The average molecular weight is 331 g/mol. The van der Waals surface area contributed by atoms with Crippen molar-refractivity contribution in [2.45, 2.75) is 38.1 Å². The lowest BCUT2D eigenvalue weighted by molar-refractivity contribution is 0.281. The first-order valence-corrected chi connectivity index (χ1v) is 9.12. The van der Waals surface area contributed by atoms with Gasteiger partial charge in [0.2, 0.25) is 10.0 Å². The highest BCUT2D eigenvalue weighted by molar-refractivity contribution is 7.89. The lowest BCUT2D eigenvalue weighted by atomic mass is 10.0. The number of piperidine rings is 1. The van der Waals surface area contributed by atoms with Gasteiger partial charge in [-0.15, -0.1) is 0 Å². The van der Waals surface area contributed by atoms with Crippen LogP contribution in [0.5, 0.6) is 0 Å². The third kappa shape index (κ3) is 3.59. The first kappa shape index (κ1) is 16.7. The van der Waals surface area contributed by atoms with Gasteiger partial charge in [0.1, 0.15) is 0 Å². The number of rotatable bonds is 4. The molecule has 0 saturated carbocycles. The van der Waals surface area contributed by atoms with Crippen molar-refractivity contribution in [3.8, 4) is 0 Å². The summed E-state index contributed by atoms with van der Waals surface area (Å²) in [6.07, 6.45) is 2.01. The van der Waals surface area contributed by atoms with E-state index in [0.717, 1.165) is 24.0 Å². The molecule has 118 valence electrons. The van der Waals surface area contributed by atoms with Crippen molar-refractivity contribution in [1.82, 2.24) is 9.62 Å². The Balaban J connectivity index is 2.44. The van der Waals surface area contributed by atoms with Crippen LogP contribution in [0.15, 0.2) is 17.0 Å². The van der Waals surface area contributed by atoms with Gasteiger partial charge in [-0.25, -0.2) is 8.42 Å². The van der Waals surface area contributed by atoms with Gasteiger partial charge in [0.05, 0.1) is 4.90 Å². The second-order valence-electron chi connectivity index (χ2n) is 5.83. The monoisotopic (exact) mass is 330 g/mol. The molecule has 0 amide bonds. The van der Waals surface area contributed by atoms with Gasteiger partial charge < -0.3 is 5.32 Å². The van der Waals surface area contributed by atoms with Crippen molar-refractivity contribution in [1.29, 1.82) is 0 Å². The zero-order valence-electron chi connectivity index (χ0n) is 12.8. The lowest BCUT2D eigenvalue weighted by Gasteiger charge is -2.30. The molecule has 1 atom stereocenters. The summed E-state index contributed by atoms with van der Waals surface area (Å²) in [5.41, 5.74) is 1.71. The minimum absolute atomic E-state index is 0.342. The van der Waals surface area contributed by atoms with Crippen LogP contribution >= 0.6 is 11.6 Å². The molecule has 21 heavy (non-hydrogen) atoms. The van der Waals surface area contributed by atoms with Crippen LogP contribution in [-0.4, -0.2) is 32.9 Å². The second kappa shape index (κ2) is 6.65. The van der Waals surface area contributed by atoms with Gasteiger partial charge in [-0.3, -0.25) is 0 Å². The number of hydrogen-bond donors (Lipinski definition) is 1. The Morgan fingerprint density at radius 1 is 1.43 bits per heavy atom. The molecule has 1 N–H and O–H groups in total. The summed E-state index contributed by atoms with van der Waals surface area (Å²) in [5.74, 6) is 0.407. The predicted octanol–water partition coefficient (Wildman–Crippen LogP) is 2.79. The first-order chi connectivity index (χ1) is 9.86. The van der Waals surface area contributed by atoms with Crippen LogP contribution in [-0.2, 0) is 16.6 Å². The Kier molecular flexibility index (Phi) is 5.30. The van der Waals surface area contributed by atoms with E-state index in [4.69, 9.17) is 11.6 Å². The fraction of sp³-hybridized carbons (Fsp3) is 0.600. The molecule has 1 heterocycles. The summed E-state index contributed by atoms with van der Waals surface area (Å²) in [5, 5.41) is 3.52. The highest BCUT2D eigenvalue weighted by Gasteiger charge is 2.30. The molecule has 1 aliphatic rings. The van der Waals surface area contributed by atoms with Crippen molar-refractivity contribution in [2.24, 2.45) is 5.92 Å². The second-order valence-corrected chi connectivity index (χ2v) is 8.17. The zero-order valence-corrected chi connectivity index (χ0v) is 14.4. The summed E-state index contributed by atoms with van der Waals surface area (Å²) >= 11 is 6.12. The van der Waals surface area contributed by atoms with Gasteiger partial charge in [-0.2, -0.15) is 4.31 Å². The standard InChI is InChI=1S/C15H23ClN2O2S/c1-11-5-4-6-18(10-11)21(19,20)15-8-14(16)7-13(9-17-3)12(15)2/h7-8,11,17H,4-6,9-10H2,1-3H3. The third-order valence-corrected chi connectivity index (χ3v) is 6.25. The van der Waals surface area contributed by atoms with Gasteiger partial charge in [0, 0.05) is 24.7 Å². The molecule has 0 bridgehead atoms. The van der Waals surface area contributed by atoms with E-state index in [1.807, 2.05) is 20.0 Å². The largest absolute Gasteiger partial charge is 0.316 e. The third-order valence-electron chi connectivity index (χ3n) is 4.04. The SMILES string of the molecule is CNCc1cc(Cl)cc(S(=O)(=O)N2CCCC(C)C2)c1C. The Hall–Kier alpha value is -0.620. The maximum Gasteiger partial charge on any atom is 0.243 e. The number of benzene rings is 1. The molecule has 0 spiro atoms. The summed E-state index contributed by atoms with van der Waals surface area (Å²) in [4.78, 5) is 0.342. The first-order valence-electron chi connectivity index (χ1n) is 7.30. The number of nitrogens with one attached hydrogen (secondary N) is 1. The van der Waals surface area contributed by atoms with E-state index in [2.05, 4.69) is 12.2 Å². The van der Waals surface area contributed by atoms with Crippen molar-refractivity contribution in [2.75, 3.05) is 20.1 Å². The lowest BCUT2D eigenvalue weighted by Crippen LogP contribution is -2.39. The minimum Gasteiger partial charge on any atom is -0.316 e. The summed E-state index contributed by atoms with van der Waals surface area (Å²) in [6, 6.07) is 3.40. The van der Waals surface area contributed by atoms with E-state index >= 15 is 0 Å². The smallest absolute Gasteiger partial charge is 0.243 e. The fourth-order valence-electron chi connectivity index (χ4n) is 2.85. The van der Waals surface area contributed by atoms with Crippen molar-refractivity contribution in [3.63, 3.8) is 0 Å². The molecule has 6 heteroatoms. The minimum atomic E-state index is -3.47. The molecular formula is C15H23ClN2O2S. The van der Waals surface area contributed by atoms with Gasteiger partial charge in [0.15, 0.2) is 0 Å². The summed E-state index contributed by atoms with van der Waals surface area (Å²) in [6.45, 7) is 5.74. The van der Waals surface area contributed by atoms with Crippen LogP contribution < -0.4 is 5.32 Å². The Bertz CT molecular complexity index is 616. The van der Waals surface area contributed by atoms with Gasteiger partial charge in [-0.05, 0) is 56.0 Å². The summed E-state index contributed by atoms with van der Waals surface area (Å²) < 4.78 is 27.4. The van der Waals surface area contributed by atoms with Crippen molar-refractivity contribution in [3.05, 3.63) is 28.3 Å². The molecule has 2 rings (SSSR count). The Morgan fingerprint density at radius 2 is 2.14 bits per heavy atom. The molecule has 0 radical (unpaired) electrons. The average Bonchev–Trinajstić information content (AvgIpc) is 2.42. The molecule has 0 aliphatic carbocycles. The number of halogens is 1. The van der Waals surface area contributed by atoms with Crippen LogP contribution in [0, 0.1) is 12.8 Å². The van der Waals surface area contributed by atoms with Gasteiger partial charge in [-0.1, -0.05) is 18.5 Å². The Labute approximate surface area is 132 Å². The maximum atomic E-state index is 12.9. The van der Waals surface area contributed by atoms with E-state index < -0.39 is 10.0 Å². The topological polar surface area (TPSA) is 49.4 Å². The molecular weight excluding hydrogens is 308 g/mol. The van der Waals surface area contributed by atoms with Gasteiger partial charge in [0.25, 0.3) is 0 Å². The van der Waals surface area contributed by atoms with Crippen molar-refractivity contribution >= 4 is 21.6 Å². The molecule has 0 aromatic heterocycles. The zero-order chi connectivity index (χ0) is 15.6. The molecule has 1 aromatic rings. The molecule has 1 fully saturated rings. The van der Waals surface area contributed by atoms with E-state index in [1.54, 1.807) is 10.4 Å². The number of nitrogens with zero attached hydrogens (tertiary/aromatic N) is 1. The summed E-state index contributed by atoms with van der Waals surface area (Å²) in [7, 11) is -1.63. The maximum absolute atomic E-state index is 12.9. The highest BCUT2D eigenvalue weighted by Crippen LogP contribution is 2.29. The van der Waals surface area contributed by atoms with Crippen LogP contribution in [0.1, 0.15) is 30.9 Å². The Morgan fingerprint density at radius 3 is 2.76 bits per heavy atom. The van der Waals surface area contributed by atoms with Crippen LogP contribution in [0.3, 0.4) is 0 Å². The van der Waals surface area contributed by atoms with Crippen molar-refractivity contribution < 1.29 is 8.42 Å². The molecule has 1 aromatic carbocycles. The molecule has 1 aliphatic heterocycles. The van der Waals surface area contributed by atoms with E-state index in [-0.39, 0.29) is 0 Å². The van der Waals surface area contributed by atoms with E-state index in [0.29, 0.717) is 35.5 Å². The van der Waals surface area contributed by atoms with E-state index in [9.17, 15) is 8.42 Å². The molecule has 1 unspecified atom stereocenters. The highest BCUT2D eigenvalue weighted by atomic mass is 35.5. The molecule has 1 saturated heterocycles. The quantitative estimate of drug-likeness (QED) is 0.923. The van der Waals surface area contributed by atoms with Crippen LogP contribution in [0.25, 0.3) is 0 Å². The van der Waals surface area contributed by atoms with E-state index in [1.165, 1.54) is 0 Å². The number of hydrogen-bond acceptors (Lipinski definition) is 3. The van der Waals surface area contributed by atoms with Crippen LogP contribution in [0.4, 0.5) is 0 Å². The van der Waals surface area contributed by atoms with Crippen LogP contribution in [0.2, 0.25) is 5.02 Å². The predicted molar refractivity (Wildman–Crippen MR) is 86.1 cm³/mol.